The quantitative estimate of drug-likeness (QED) is 0.719. The predicted octanol–water partition coefficient (Wildman–Crippen LogP) is 1.03. The van der Waals surface area contributed by atoms with E-state index in [-0.39, 0.29) is 5.75 Å². The maximum absolute atomic E-state index is 10.5. The topological polar surface area (TPSA) is 52.2 Å². The summed E-state index contributed by atoms with van der Waals surface area (Å²) >= 11 is -1.98. The van der Waals surface area contributed by atoms with Gasteiger partial charge < -0.3 is 9.87 Å². The van der Waals surface area contributed by atoms with Gasteiger partial charge in [-0.05, 0) is 23.6 Å². The van der Waals surface area contributed by atoms with Crippen LogP contribution in [0.25, 0.3) is 0 Å². The minimum atomic E-state index is -1.98. The highest BCUT2D eigenvalue weighted by Crippen LogP contribution is 2.23. The Balaban J connectivity index is 2.25. The summed E-state index contributed by atoms with van der Waals surface area (Å²) in [6.07, 6.45) is 0.995. The van der Waals surface area contributed by atoms with Gasteiger partial charge in [0.05, 0.1) is 0 Å². The molecule has 1 aromatic carbocycles. The highest BCUT2D eigenvalue weighted by Gasteiger charge is 2.09. The van der Waals surface area contributed by atoms with Crippen LogP contribution in [0.1, 0.15) is 11.1 Å². The lowest BCUT2D eigenvalue weighted by atomic mass is 10.1. The maximum atomic E-state index is 10.5. The number of benzene rings is 1. The van der Waals surface area contributed by atoms with Crippen molar-refractivity contribution < 1.29 is 8.76 Å². The number of rotatable bonds is 2. The summed E-state index contributed by atoms with van der Waals surface area (Å²) in [4.78, 5) is 0. The largest absolute Gasteiger partial charge is 0.772 e. The minimum absolute atomic E-state index is 0.118. The second-order valence-corrected chi connectivity index (χ2v) is 4.01. The van der Waals surface area contributed by atoms with Crippen molar-refractivity contribution in [3.8, 4) is 0 Å². The second kappa shape index (κ2) is 3.47. The van der Waals surface area contributed by atoms with Crippen molar-refractivity contribution in [1.29, 1.82) is 0 Å². The van der Waals surface area contributed by atoms with Gasteiger partial charge in [0.15, 0.2) is 0 Å². The molecule has 0 bridgehead atoms. The lowest BCUT2D eigenvalue weighted by molar-refractivity contribution is 0.536. The molecule has 0 saturated heterocycles. The fourth-order valence-electron chi connectivity index (χ4n) is 1.58. The molecule has 0 amide bonds. The van der Waals surface area contributed by atoms with Crippen molar-refractivity contribution in [3.63, 3.8) is 0 Å². The zero-order chi connectivity index (χ0) is 9.26. The van der Waals surface area contributed by atoms with E-state index < -0.39 is 11.1 Å². The van der Waals surface area contributed by atoms with E-state index in [1.165, 1.54) is 5.56 Å². The van der Waals surface area contributed by atoms with Crippen LogP contribution < -0.4 is 5.32 Å². The molecule has 2 rings (SSSR count). The van der Waals surface area contributed by atoms with Crippen LogP contribution in [-0.4, -0.2) is 15.3 Å². The molecule has 1 aliphatic heterocycles. The molecule has 1 unspecified atom stereocenters. The average molecular weight is 196 g/mol. The monoisotopic (exact) mass is 196 g/mol. The van der Waals surface area contributed by atoms with E-state index >= 15 is 0 Å². The lowest BCUT2D eigenvalue weighted by Gasteiger charge is -2.06. The molecule has 0 aliphatic carbocycles. The maximum Gasteiger partial charge on any atom is 0.0373 e. The number of fused-ring (bicyclic) bond motifs is 1. The first-order valence-corrected chi connectivity index (χ1v) is 5.41. The first kappa shape index (κ1) is 8.72. The van der Waals surface area contributed by atoms with Gasteiger partial charge in [-0.25, -0.2) is 0 Å². The molecule has 3 nitrogen and oxygen atoms in total. The van der Waals surface area contributed by atoms with Gasteiger partial charge in [-0.15, -0.1) is 0 Å². The Kier molecular flexibility index (Phi) is 2.33. The van der Waals surface area contributed by atoms with E-state index in [0.29, 0.717) is 0 Å². The molecular weight excluding hydrogens is 186 g/mol. The third kappa shape index (κ3) is 1.89. The van der Waals surface area contributed by atoms with Gasteiger partial charge in [0.1, 0.15) is 0 Å². The molecular formula is C9H10NO2S-. The molecule has 0 fully saturated rings. The van der Waals surface area contributed by atoms with Gasteiger partial charge in [-0.3, -0.25) is 4.21 Å². The van der Waals surface area contributed by atoms with Crippen molar-refractivity contribution in [2.45, 2.75) is 12.2 Å². The van der Waals surface area contributed by atoms with Gasteiger partial charge >= 0.3 is 0 Å². The van der Waals surface area contributed by atoms with E-state index in [0.717, 1.165) is 24.2 Å². The number of nitrogens with one attached hydrogen (secondary N) is 1. The van der Waals surface area contributed by atoms with Crippen molar-refractivity contribution in [2.24, 2.45) is 0 Å². The number of hydrogen-bond acceptors (Lipinski definition) is 3. The first-order valence-electron chi connectivity index (χ1n) is 4.17. The molecule has 0 aromatic heterocycles. The van der Waals surface area contributed by atoms with Crippen LogP contribution in [0, 0.1) is 0 Å². The standard InChI is InChI=1S/C9H11NO2S/c11-13(12)6-7-1-2-9-8(5-7)3-4-10-9/h1-2,5,10H,3-4,6H2,(H,11,12)/p-1. The summed E-state index contributed by atoms with van der Waals surface area (Å²) in [5.74, 6) is 0.118. The Morgan fingerprint density at radius 2 is 2.38 bits per heavy atom. The zero-order valence-electron chi connectivity index (χ0n) is 7.08. The second-order valence-electron chi connectivity index (χ2n) is 3.12. The minimum Gasteiger partial charge on any atom is -0.772 e. The van der Waals surface area contributed by atoms with Crippen molar-refractivity contribution >= 4 is 16.8 Å². The Labute approximate surface area is 79.4 Å². The van der Waals surface area contributed by atoms with Crippen LogP contribution in [0.5, 0.6) is 0 Å². The molecule has 13 heavy (non-hydrogen) atoms. The van der Waals surface area contributed by atoms with Crippen LogP contribution in [0.15, 0.2) is 18.2 Å². The van der Waals surface area contributed by atoms with Crippen LogP contribution in [0.2, 0.25) is 0 Å². The van der Waals surface area contributed by atoms with Crippen LogP contribution in [0.4, 0.5) is 5.69 Å². The molecule has 70 valence electrons. The van der Waals surface area contributed by atoms with Crippen LogP contribution >= 0.6 is 0 Å². The molecule has 0 saturated carbocycles. The van der Waals surface area contributed by atoms with Crippen molar-refractivity contribution in [2.75, 3.05) is 11.9 Å². The molecule has 1 N–H and O–H groups in total. The van der Waals surface area contributed by atoms with Crippen molar-refractivity contribution in [1.82, 2.24) is 0 Å². The van der Waals surface area contributed by atoms with E-state index in [2.05, 4.69) is 5.32 Å². The van der Waals surface area contributed by atoms with E-state index in [9.17, 15) is 8.76 Å². The molecule has 1 aliphatic rings. The third-order valence-electron chi connectivity index (χ3n) is 2.16. The van der Waals surface area contributed by atoms with Gasteiger partial charge in [0, 0.05) is 18.0 Å². The van der Waals surface area contributed by atoms with Crippen LogP contribution in [-0.2, 0) is 23.3 Å². The van der Waals surface area contributed by atoms with Crippen LogP contribution in [0.3, 0.4) is 0 Å². The van der Waals surface area contributed by atoms with E-state index in [1.54, 1.807) is 0 Å². The van der Waals surface area contributed by atoms with Gasteiger partial charge in [0.2, 0.25) is 0 Å². The SMILES string of the molecule is O=S([O-])Cc1ccc2c(c1)CCN2. The summed E-state index contributed by atoms with van der Waals surface area (Å²) < 4.78 is 20.9. The normalized spacial score (nSPS) is 16.4. The highest BCUT2D eigenvalue weighted by atomic mass is 32.2. The lowest BCUT2D eigenvalue weighted by Crippen LogP contribution is -1.94. The summed E-state index contributed by atoms with van der Waals surface area (Å²) in [6, 6.07) is 5.77. The fraction of sp³-hybridized carbons (Fsp3) is 0.333. The highest BCUT2D eigenvalue weighted by molar-refractivity contribution is 7.78. The average Bonchev–Trinajstić information content (AvgIpc) is 2.49. The number of hydrogen-bond donors (Lipinski definition) is 1. The van der Waals surface area contributed by atoms with Gasteiger partial charge in [-0.1, -0.05) is 23.2 Å². The number of anilines is 1. The molecule has 0 spiro atoms. The Hall–Kier alpha value is -0.870. The Morgan fingerprint density at radius 3 is 3.15 bits per heavy atom. The molecule has 1 atom stereocenters. The molecule has 1 aromatic rings. The molecule has 0 radical (unpaired) electrons. The van der Waals surface area contributed by atoms with Gasteiger partial charge in [-0.2, -0.15) is 0 Å². The Bertz CT molecular complexity index is 351. The van der Waals surface area contributed by atoms with Gasteiger partial charge in [0.25, 0.3) is 0 Å². The summed E-state index contributed by atoms with van der Waals surface area (Å²) in [5.41, 5.74) is 3.24. The summed E-state index contributed by atoms with van der Waals surface area (Å²) in [6.45, 7) is 0.958. The first-order chi connectivity index (χ1) is 6.25. The van der Waals surface area contributed by atoms with E-state index in [4.69, 9.17) is 0 Å². The Morgan fingerprint density at radius 1 is 1.54 bits per heavy atom. The molecule has 1 heterocycles. The summed E-state index contributed by atoms with van der Waals surface area (Å²) in [5, 5.41) is 3.23. The van der Waals surface area contributed by atoms with E-state index in [1.807, 2.05) is 18.2 Å². The smallest absolute Gasteiger partial charge is 0.0373 e. The summed E-state index contributed by atoms with van der Waals surface area (Å²) in [7, 11) is 0. The third-order valence-corrected chi connectivity index (χ3v) is 2.73. The van der Waals surface area contributed by atoms with Crippen molar-refractivity contribution in [3.05, 3.63) is 29.3 Å². The zero-order valence-corrected chi connectivity index (χ0v) is 7.89. The fourth-order valence-corrected chi connectivity index (χ4v) is 2.04. The molecule has 4 heteroatoms. The predicted molar refractivity (Wildman–Crippen MR) is 51.3 cm³/mol.